The molecule has 0 amide bonds. The van der Waals surface area contributed by atoms with Crippen molar-refractivity contribution < 1.29 is 8.42 Å². The Morgan fingerprint density at radius 2 is 2.05 bits per heavy atom. The third-order valence-corrected chi connectivity index (χ3v) is 5.59. The van der Waals surface area contributed by atoms with Crippen molar-refractivity contribution in [2.45, 2.75) is 32.2 Å². The van der Waals surface area contributed by atoms with E-state index in [1.54, 1.807) is 13.0 Å². The number of nitrogens with zero attached hydrogens (tertiary/aromatic N) is 1. The topological polar surface area (TPSA) is 49.4 Å². The van der Waals surface area contributed by atoms with E-state index < -0.39 is 10.0 Å². The molecule has 0 saturated carbocycles. The summed E-state index contributed by atoms with van der Waals surface area (Å²) in [6, 6.07) is 3.33. The van der Waals surface area contributed by atoms with Crippen molar-refractivity contribution in [1.82, 2.24) is 9.62 Å². The molecule has 0 aliphatic carbocycles. The molecule has 4 nitrogen and oxygen atoms in total. The molecule has 0 fully saturated rings. The Morgan fingerprint density at radius 1 is 1.38 bits per heavy atom. The fourth-order valence-corrected chi connectivity index (χ4v) is 4.12. The largest absolute Gasteiger partial charge is 0.313 e. The monoisotopic (exact) mass is 330 g/mol. The van der Waals surface area contributed by atoms with Crippen molar-refractivity contribution in [3.63, 3.8) is 0 Å². The molecule has 118 valence electrons. The lowest BCUT2D eigenvalue weighted by Gasteiger charge is -2.21. The summed E-state index contributed by atoms with van der Waals surface area (Å²) in [4.78, 5) is 0.270. The minimum atomic E-state index is -3.56. The molecule has 0 heterocycles. The van der Waals surface area contributed by atoms with Crippen molar-refractivity contribution in [2.24, 2.45) is 0 Å². The summed E-state index contributed by atoms with van der Waals surface area (Å²) < 4.78 is 26.9. The van der Waals surface area contributed by atoms with E-state index in [2.05, 4.69) is 11.9 Å². The van der Waals surface area contributed by atoms with Gasteiger partial charge in [-0.3, -0.25) is 0 Å². The molecule has 1 aromatic rings. The molecule has 0 bridgehead atoms. The van der Waals surface area contributed by atoms with Crippen LogP contribution in [-0.2, 0) is 16.6 Å². The summed E-state index contributed by atoms with van der Waals surface area (Å²) in [5, 5.41) is 3.63. The minimum Gasteiger partial charge on any atom is -0.313 e. The van der Waals surface area contributed by atoms with Crippen molar-refractivity contribution in [1.29, 1.82) is 0 Å². The molecule has 0 aliphatic rings. The average molecular weight is 331 g/mol. The standard InChI is InChI=1S/C15H23ClN2O2S/c1-5-8-18(7-3)21(19,20)15-10-14(16)9-13(12(15)4)11-17-6-2/h5,9-10,17H,1,6-8,11H2,2-4H3. The van der Waals surface area contributed by atoms with E-state index in [4.69, 9.17) is 11.6 Å². The third-order valence-electron chi connectivity index (χ3n) is 3.30. The Bertz CT molecular complexity index is 600. The number of benzene rings is 1. The highest BCUT2D eigenvalue weighted by atomic mass is 35.5. The number of nitrogens with one attached hydrogen (secondary N) is 1. The van der Waals surface area contributed by atoms with Crippen molar-refractivity contribution in [3.8, 4) is 0 Å². The van der Waals surface area contributed by atoms with E-state index >= 15 is 0 Å². The van der Waals surface area contributed by atoms with Gasteiger partial charge in [0.15, 0.2) is 0 Å². The van der Waals surface area contributed by atoms with E-state index in [1.165, 1.54) is 10.4 Å². The molecule has 0 radical (unpaired) electrons. The Labute approximate surface area is 132 Å². The van der Waals surface area contributed by atoms with Crippen LogP contribution in [0.25, 0.3) is 0 Å². The maximum Gasteiger partial charge on any atom is 0.243 e. The molecule has 0 aromatic heterocycles. The number of likely N-dealkylation sites (N-methyl/N-ethyl adjacent to an activating group) is 1. The highest BCUT2D eigenvalue weighted by molar-refractivity contribution is 7.89. The van der Waals surface area contributed by atoms with Gasteiger partial charge in [-0.1, -0.05) is 31.5 Å². The first-order chi connectivity index (χ1) is 9.88. The Hall–Kier alpha value is -0.880. The van der Waals surface area contributed by atoms with Gasteiger partial charge >= 0.3 is 0 Å². The van der Waals surface area contributed by atoms with Crippen molar-refractivity contribution in [3.05, 3.63) is 40.9 Å². The van der Waals surface area contributed by atoms with Gasteiger partial charge in [-0.05, 0) is 36.7 Å². The second kappa shape index (κ2) is 7.94. The lowest BCUT2D eigenvalue weighted by molar-refractivity contribution is 0.459. The fraction of sp³-hybridized carbons (Fsp3) is 0.467. The van der Waals surface area contributed by atoms with Crippen LogP contribution in [0.2, 0.25) is 5.02 Å². The fourth-order valence-electron chi connectivity index (χ4n) is 2.10. The highest BCUT2D eigenvalue weighted by Crippen LogP contribution is 2.27. The van der Waals surface area contributed by atoms with Crippen molar-refractivity contribution in [2.75, 3.05) is 19.6 Å². The highest BCUT2D eigenvalue weighted by Gasteiger charge is 2.25. The van der Waals surface area contributed by atoms with Gasteiger partial charge in [-0.25, -0.2) is 8.42 Å². The Morgan fingerprint density at radius 3 is 2.57 bits per heavy atom. The number of rotatable bonds is 8. The molecule has 0 aliphatic heterocycles. The lowest BCUT2D eigenvalue weighted by Crippen LogP contribution is -2.31. The molecule has 0 atom stereocenters. The summed E-state index contributed by atoms with van der Waals surface area (Å²) >= 11 is 6.10. The molecule has 1 aromatic carbocycles. The number of sulfonamides is 1. The van der Waals surface area contributed by atoms with E-state index in [1.807, 2.05) is 19.9 Å². The van der Waals surface area contributed by atoms with E-state index in [0.29, 0.717) is 18.1 Å². The molecule has 21 heavy (non-hydrogen) atoms. The van der Waals surface area contributed by atoms with Crippen LogP contribution in [0.5, 0.6) is 0 Å². The van der Waals surface area contributed by atoms with Gasteiger partial charge in [0, 0.05) is 24.7 Å². The van der Waals surface area contributed by atoms with Crippen molar-refractivity contribution >= 4 is 21.6 Å². The van der Waals surface area contributed by atoms with Gasteiger partial charge in [0.2, 0.25) is 10.0 Å². The zero-order chi connectivity index (χ0) is 16.0. The maximum atomic E-state index is 12.8. The summed E-state index contributed by atoms with van der Waals surface area (Å²) in [5.41, 5.74) is 1.64. The molecular formula is C15H23ClN2O2S. The Kier molecular flexibility index (Phi) is 6.87. The Balaban J connectivity index is 3.34. The smallest absolute Gasteiger partial charge is 0.243 e. The normalized spacial score (nSPS) is 11.9. The minimum absolute atomic E-state index is 0.270. The van der Waals surface area contributed by atoms with E-state index in [9.17, 15) is 8.42 Å². The molecule has 1 N–H and O–H groups in total. The summed E-state index contributed by atoms with van der Waals surface area (Å²) in [6.45, 7) is 11.3. The number of halogens is 1. The zero-order valence-electron chi connectivity index (χ0n) is 12.8. The second-order valence-electron chi connectivity index (χ2n) is 4.71. The third kappa shape index (κ3) is 4.30. The summed E-state index contributed by atoms with van der Waals surface area (Å²) in [6.07, 6.45) is 1.58. The second-order valence-corrected chi connectivity index (χ2v) is 7.06. The lowest BCUT2D eigenvalue weighted by atomic mass is 10.1. The van der Waals surface area contributed by atoms with Crippen LogP contribution in [0.15, 0.2) is 29.7 Å². The molecular weight excluding hydrogens is 308 g/mol. The van der Waals surface area contributed by atoms with Crippen LogP contribution < -0.4 is 5.32 Å². The van der Waals surface area contributed by atoms with Crippen LogP contribution in [0.1, 0.15) is 25.0 Å². The first-order valence-electron chi connectivity index (χ1n) is 6.99. The number of hydrogen-bond donors (Lipinski definition) is 1. The van der Waals surface area contributed by atoms with Crippen LogP contribution in [-0.4, -0.2) is 32.4 Å². The molecule has 1 rings (SSSR count). The van der Waals surface area contributed by atoms with Gasteiger partial charge in [0.05, 0.1) is 4.90 Å². The van der Waals surface area contributed by atoms with E-state index in [0.717, 1.165) is 17.7 Å². The van der Waals surface area contributed by atoms with Crippen LogP contribution in [0.4, 0.5) is 0 Å². The molecule has 0 spiro atoms. The number of hydrogen-bond acceptors (Lipinski definition) is 3. The predicted octanol–water partition coefficient (Wildman–Crippen LogP) is 2.95. The van der Waals surface area contributed by atoms with Gasteiger partial charge in [0.1, 0.15) is 0 Å². The molecule has 6 heteroatoms. The SMILES string of the molecule is C=CCN(CC)S(=O)(=O)c1cc(Cl)cc(CNCC)c1C. The van der Waals surface area contributed by atoms with Gasteiger partial charge in [-0.2, -0.15) is 4.31 Å². The van der Waals surface area contributed by atoms with Crippen LogP contribution >= 0.6 is 11.6 Å². The quantitative estimate of drug-likeness (QED) is 0.745. The van der Waals surface area contributed by atoms with Gasteiger partial charge < -0.3 is 5.32 Å². The van der Waals surface area contributed by atoms with Gasteiger partial charge in [0.25, 0.3) is 0 Å². The zero-order valence-corrected chi connectivity index (χ0v) is 14.4. The summed E-state index contributed by atoms with van der Waals surface area (Å²) in [5.74, 6) is 0. The average Bonchev–Trinajstić information content (AvgIpc) is 2.44. The van der Waals surface area contributed by atoms with Crippen LogP contribution in [0, 0.1) is 6.92 Å². The van der Waals surface area contributed by atoms with Gasteiger partial charge in [-0.15, -0.1) is 6.58 Å². The molecule has 0 saturated heterocycles. The van der Waals surface area contributed by atoms with E-state index in [-0.39, 0.29) is 11.4 Å². The predicted molar refractivity (Wildman–Crippen MR) is 88.2 cm³/mol. The first-order valence-corrected chi connectivity index (χ1v) is 8.81. The van der Waals surface area contributed by atoms with Crippen LogP contribution in [0.3, 0.4) is 0 Å². The molecule has 0 unspecified atom stereocenters. The summed E-state index contributed by atoms with van der Waals surface area (Å²) in [7, 11) is -3.56. The first kappa shape index (κ1) is 18.2. The maximum absolute atomic E-state index is 12.8.